The zero-order chi connectivity index (χ0) is 9.47. The minimum atomic E-state index is -0.245. The molecule has 0 bridgehead atoms. The molecule has 0 unspecified atom stereocenters. The van der Waals surface area contributed by atoms with Gasteiger partial charge < -0.3 is 10.6 Å². The number of nitrogens with two attached hydrogens (primary N) is 1. The van der Waals surface area contributed by atoms with Crippen LogP contribution in [0.15, 0.2) is 17.6 Å². The largest absolute Gasteiger partial charge is 0.385 e. The van der Waals surface area contributed by atoms with E-state index in [1.807, 2.05) is 0 Å². The van der Waals surface area contributed by atoms with Crippen LogP contribution < -0.4 is 5.73 Å². The molecule has 1 saturated carbocycles. The van der Waals surface area contributed by atoms with Gasteiger partial charge >= 0.3 is 6.03 Å². The highest BCUT2D eigenvalue weighted by Gasteiger charge is 2.51. The summed E-state index contributed by atoms with van der Waals surface area (Å²) < 4.78 is 0. The third-order valence-corrected chi connectivity index (χ3v) is 2.93. The first-order chi connectivity index (χ1) is 6.20. The summed E-state index contributed by atoms with van der Waals surface area (Å²) in [5.41, 5.74) is 5.49. The zero-order valence-electron chi connectivity index (χ0n) is 7.49. The van der Waals surface area contributed by atoms with Crippen molar-refractivity contribution in [2.45, 2.75) is 24.8 Å². The van der Waals surface area contributed by atoms with Crippen molar-refractivity contribution in [2.75, 3.05) is 6.54 Å². The van der Waals surface area contributed by atoms with E-state index in [0.29, 0.717) is 12.4 Å². The van der Waals surface area contributed by atoms with E-state index in [9.17, 15) is 4.79 Å². The van der Waals surface area contributed by atoms with E-state index < -0.39 is 0 Å². The van der Waals surface area contributed by atoms with Crippen LogP contribution in [0, 0.1) is 0 Å². The minimum absolute atomic E-state index is 0.211. The lowest BCUT2D eigenvalue weighted by atomic mass is 9.75. The Kier molecular flexibility index (Phi) is 1.65. The number of carbonyl (C=O) groups is 1. The predicted molar refractivity (Wildman–Crippen MR) is 50.5 cm³/mol. The van der Waals surface area contributed by atoms with Gasteiger partial charge in [-0.3, -0.25) is 0 Å². The number of amidine groups is 1. The monoisotopic (exact) mass is 179 g/mol. The standard InChI is InChI=1S/C9H13N3O/c1-2-6-12-8(13)11-7(10)9(12)4-3-5-9/h2H,1,3-6H2,(H2,10,11,13). The molecular weight excluding hydrogens is 166 g/mol. The normalized spacial score (nSPS) is 24.5. The molecule has 1 aliphatic carbocycles. The van der Waals surface area contributed by atoms with Crippen molar-refractivity contribution in [1.29, 1.82) is 0 Å². The molecule has 2 amide bonds. The molecule has 13 heavy (non-hydrogen) atoms. The number of hydrogen-bond donors (Lipinski definition) is 1. The third kappa shape index (κ3) is 0.913. The fourth-order valence-corrected chi connectivity index (χ4v) is 2.01. The number of nitrogens with zero attached hydrogens (tertiary/aromatic N) is 2. The summed E-state index contributed by atoms with van der Waals surface area (Å²) in [5.74, 6) is 0.491. The Bertz CT molecular complexity index is 291. The molecule has 2 N–H and O–H groups in total. The van der Waals surface area contributed by atoms with Gasteiger partial charge in [0.25, 0.3) is 0 Å². The Hall–Kier alpha value is -1.32. The van der Waals surface area contributed by atoms with Crippen LogP contribution in [-0.4, -0.2) is 28.9 Å². The van der Waals surface area contributed by atoms with Gasteiger partial charge in [-0.2, -0.15) is 4.99 Å². The van der Waals surface area contributed by atoms with Crippen molar-refractivity contribution in [1.82, 2.24) is 4.90 Å². The van der Waals surface area contributed by atoms with Gasteiger partial charge in [0.1, 0.15) is 11.4 Å². The van der Waals surface area contributed by atoms with E-state index in [4.69, 9.17) is 5.73 Å². The summed E-state index contributed by atoms with van der Waals surface area (Å²) in [6.07, 6.45) is 4.73. The van der Waals surface area contributed by atoms with Crippen LogP contribution in [0.5, 0.6) is 0 Å². The summed E-state index contributed by atoms with van der Waals surface area (Å²) in [6, 6.07) is -0.211. The summed E-state index contributed by atoms with van der Waals surface area (Å²) in [5, 5.41) is 0. The zero-order valence-corrected chi connectivity index (χ0v) is 7.49. The van der Waals surface area contributed by atoms with Gasteiger partial charge in [-0.25, -0.2) is 4.79 Å². The Morgan fingerprint density at radius 2 is 2.38 bits per heavy atom. The molecule has 0 aromatic rings. The highest BCUT2D eigenvalue weighted by molar-refractivity contribution is 6.06. The van der Waals surface area contributed by atoms with Crippen LogP contribution in [0.4, 0.5) is 4.79 Å². The van der Waals surface area contributed by atoms with E-state index in [-0.39, 0.29) is 11.6 Å². The smallest absolute Gasteiger partial charge is 0.346 e. The van der Waals surface area contributed by atoms with Gasteiger partial charge in [0, 0.05) is 6.54 Å². The molecule has 0 atom stereocenters. The van der Waals surface area contributed by atoms with Gasteiger partial charge in [-0.1, -0.05) is 6.08 Å². The maximum absolute atomic E-state index is 11.4. The second-order valence-electron chi connectivity index (χ2n) is 3.56. The maximum Gasteiger partial charge on any atom is 0.346 e. The number of rotatable bonds is 2. The van der Waals surface area contributed by atoms with E-state index >= 15 is 0 Å². The van der Waals surface area contributed by atoms with Gasteiger partial charge in [-0.15, -0.1) is 6.58 Å². The lowest BCUT2D eigenvalue weighted by Gasteiger charge is -2.44. The number of urea groups is 1. The molecule has 0 aromatic carbocycles. The van der Waals surface area contributed by atoms with Crippen LogP contribution in [0.1, 0.15) is 19.3 Å². The minimum Gasteiger partial charge on any atom is -0.385 e. The number of hydrogen-bond acceptors (Lipinski definition) is 2. The summed E-state index contributed by atoms with van der Waals surface area (Å²) in [4.78, 5) is 16.9. The van der Waals surface area contributed by atoms with Crippen molar-refractivity contribution in [3.8, 4) is 0 Å². The Balaban J connectivity index is 2.27. The van der Waals surface area contributed by atoms with Crippen molar-refractivity contribution in [3.05, 3.63) is 12.7 Å². The van der Waals surface area contributed by atoms with Gasteiger partial charge in [0.2, 0.25) is 0 Å². The van der Waals surface area contributed by atoms with Crippen LogP contribution in [0.25, 0.3) is 0 Å². The molecule has 4 nitrogen and oxygen atoms in total. The third-order valence-electron chi connectivity index (χ3n) is 2.93. The average molecular weight is 179 g/mol. The van der Waals surface area contributed by atoms with Crippen molar-refractivity contribution in [3.63, 3.8) is 0 Å². The maximum atomic E-state index is 11.4. The van der Waals surface area contributed by atoms with Crippen molar-refractivity contribution in [2.24, 2.45) is 10.7 Å². The quantitative estimate of drug-likeness (QED) is 0.640. The van der Waals surface area contributed by atoms with Gasteiger partial charge in [0.05, 0.1) is 0 Å². The number of amides is 2. The first kappa shape index (κ1) is 8.29. The lowest BCUT2D eigenvalue weighted by Crippen LogP contribution is -2.58. The molecule has 1 spiro atoms. The Morgan fingerprint density at radius 3 is 2.85 bits per heavy atom. The van der Waals surface area contributed by atoms with Crippen LogP contribution in [0.2, 0.25) is 0 Å². The van der Waals surface area contributed by atoms with Crippen LogP contribution >= 0.6 is 0 Å². The summed E-state index contributed by atoms with van der Waals surface area (Å²) in [6.45, 7) is 4.17. The van der Waals surface area contributed by atoms with E-state index in [2.05, 4.69) is 11.6 Å². The van der Waals surface area contributed by atoms with E-state index in [1.165, 1.54) is 0 Å². The fraction of sp³-hybridized carbons (Fsp3) is 0.556. The molecule has 0 radical (unpaired) electrons. The summed E-state index contributed by atoms with van der Waals surface area (Å²) in [7, 11) is 0. The second-order valence-corrected chi connectivity index (χ2v) is 3.56. The molecule has 70 valence electrons. The fourth-order valence-electron chi connectivity index (χ4n) is 2.01. The van der Waals surface area contributed by atoms with Gasteiger partial charge in [0.15, 0.2) is 0 Å². The molecule has 4 heteroatoms. The first-order valence-electron chi connectivity index (χ1n) is 4.48. The van der Waals surface area contributed by atoms with E-state index in [1.54, 1.807) is 11.0 Å². The van der Waals surface area contributed by atoms with Crippen molar-refractivity contribution >= 4 is 11.9 Å². The number of aliphatic imine (C=N–C) groups is 1. The summed E-state index contributed by atoms with van der Waals surface area (Å²) >= 11 is 0. The van der Waals surface area contributed by atoms with E-state index in [0.717, 1.165) is 19.3 Å². The SMILES string of the molecule is C=CCN1C(=O)N=C(N)C12CCC2. The molecule has 2 aliphatic rings. The molecule has 1 fully saturated rings. The lowest BCUT2D eigenvalue weighted by molar-refractivity contribution is 0.127. The Labute approximate surface area is 77.1 Å². The molecule has 1 heterocycles. The van der Waals surface area contributed by atoms with Crippen LogP contribution in [-0.2, 0) is 0 Å². The highest BCUT2D eigenvalue weighted by atomic mass is 16.2. The van der Waals surface area contributed by atoms with Gasteiger partial charge in [-0.05, 0) is 19.3 Å². The topological polar surface area (TPSA) is 58.7 Å². The predicted octanol–water partition coefficient (Wildman–Crippen LogP) is 0.888. The average Bonchev–Trinajstić information content (AvgIpc) is 2.23. The van der Waals surface area contributed by atoms with Crippen molar-refractivity contribution < 1.29 is 4.79 Å². The Morgan fingerprint density at radius 1 is 1.69 bits per heavy atom. The molecule has 0 aromatic heterocycles. The first-order valence-corrected chi connectivity index (χ1v) is 4.48. The molecule has 2 rings (SSSR count). The highest BCUT2D eigenvalue weighted by Crippen LogP contribution is 2.41. The van der Waals surface area contributed by atoms with Crippen LogP contribution in [0.3, 0.4) is 0 Å². The number of carbonyl (C=O) groups excluding carboxylic acids is 1. The molecule has 0 saturated heterocycles. The molecular formula is C9H13N3O. The second kappa shape index (κ2) is 2.58. The molecule has 1 aliphatic heterocycles.